The monoisotopic (exact) mass is 1720 g/mol. The van der Waals surface area contributed by atoms with Crippen LogP contribution in [0.25, 0.3) is 21.8 Å². The molecule has 16 nitrogen and oxygen atoms in total. The van der Waals surface area contributed by atoms with Crippen molar-refractivity contribution < 1.29 is 38.5 Å². The molecule has 4 unspecified atom stereocenters. The summed E-state index contributed by atoms with van der Waals surface area (Å²) in [5, 5.41) is 16.7. The number of unbranched alkanes of at least 4 members (excludes halogenated alkanes) is 4. The number of anilines is 2. The average Bonchev–Trinajstić information content (AvgIpc) is 1.25. The molecule has 5 heterocycles. The smallest absolute Gasteiger partial charge is 0.303 e. The summed E-state index contributed by atoms with van der Waals surface area (Å²) >= 11 is 16.7. The van der Waals surface area contributed by atoms with Crippen molar-refractivity contribution in [3.8, 4) is 0 Å². The molecular formula is C99H125Cl3N8O8S2. The van der Waals surface area contributed by atoms with Crippen molar-refractivity contribution in [3.05, 3.63) is 250 Å². The number of carbonyl (C=O) groups excluding carboxylic acids is 3. The zero-order valence-corrected chi connectivity index (χ0v) is 74.7. The Balaban J connectivity index is 0.000000197. The van der Waals surface area contributed by atoms with Gasteiger partial charge in [-0.25, -0.2) is 0 Å². The lowest BCUT2D eigenvalue weighted by atomic mass is 9.66. The van der Waals surface area contributed by atoms with Crippen molar-refractivity contribution >= 4 is 116 Å². The van der Waals surface area contributed by atoms with Crippen molar-refractivity contribution in [1.29, 1.82) is 0 Å². The Labute approximate surface area is 737 Å². The number of hydrogen-bond acceptors (Lipinski definition) is 16. The van der Waals surface area contributed by atoms with Crippen LogP contribution in [0.5, 0.6) is 0 Å². The zero-order chi connectivity index (χ0) is 83.1. The number of piperazine rings is 2. The molecule has 0 radical (unpaired) electrons. The first-order valence-corrected chi connectivity index (χ1v) is 46.1. The van der Waals surface area contributed by atoms with Gasteiger partial charge in [0.05, 0.1) is 66.8 Å². The summed E-state index contributed by atoms with van der Waals surface area (Å²) in [6, 6.07) is 63.2. The van der Waals surface area contributed by atoms with Crippen LogP contribution in [0.15, 0.2) is 232 Å². The van der Waals surface area contributed by atoms with Crippen LogP contribution in [-0.2, 0) is 35.8 Å². The van der Waals surface area contributed by atoms with Gasteiger partial charge >= 0.3 is 5.97 Å². The molecule has 642 valence electrons. The van der Waals surface area contributed by atoms with E-state index in [0.29, 0.717) is 72.6 Å². The highest BCUT2D eigenvalue weighted by Crippen LogP contribution is 2.47. The Bertz CT molecular complexity index is 4500. The van der Waals surface area contributed by atoms with E-state index in [1.54, 1.807) is 13.8 Å². The van der Waals surface area contributed by atoms with Crippen LogP contribution in [0, 0.1) is 0 Å². The number of Topliss-reactive ketones (excluding diaryl/α,β-unsaturated/α-hetero) is 3. The Morgan fingerprint density at radius 1 is 0.458 bits per heavy atom. The molecule has 21 heteroatoms. The van der Waals surface area contributed by atoms with Gasteiger partial charge < -0.3 is 58.6 Å². The number of allylic oxidation sites excluding steroid dienone is 4. The van der Waals surface area contributed by atoms with Gasteiger partial charge in [0.1, 0.15) is 5.78 Å². The number of ketones is 3. The number of halogens is 3. The number of ether oxygens (including phenoxy) is 3. The predicted molar refractivity (Wildman–Crippen MR) is 501 cm³/mol. The van der Waals surface area contributed by atoms with E-state index in [9.17, 15) is 19.2 Å². The van der Waals surface area contributed by atoms with Gasteiger partial charge in [-0.2, -0.15) is 0 Å². The maximum absolute atomic E-state index is 11.8. The van der Waals surface area contributed by atoms with Crippen LogP contribution < -0.4 is 15.1 Å². The molecule has 2 fully saturated rings. The van der Waals surface area contributed by atoms with Crippen LogP contribution in [0.3, 0.4) is 0 Å². The van der Waals surface area contributed by atoms with E-state index < -0.39 is 5.97 Å². The minimum atomic E-state index is -0.900. The van der Waals surface area contributed by atoms with Gasteiger partial charge in [0, 0.05) is 169 Å². The number of para-hydroxylation sites is 2. The molecule has 2 saturated heterocycles. The van der Waals surface area contributed by atoms with Crippen LogP contribution in [0.4, 0.5) is 11.4 Å². The number of hydrogen-bond donors (Lipinski definition) is 2. The summed E-state index contributed by atoms with van der Waals surface area (Å²) in [7, 11) is 0. The first-order valence-electron chi connectivity index (χ1n) is 43.6. The number of aliphatic carboxylic acids is 1. The summed E-state index contributed by atoms with van der Waals surface area (Å²) in [4.78, 5) is 64.0. The second-order valence-electron chi connectivity index (χ2n) is 32.4. The van der Waals surface area contributed by atoms with Crippen molar-refractivity contribution in [2.24, 2.45) is 0 Å². The SMILES string of the molecule is CC(=O)c1ccc2c(c1)c1cc(C(C)=O)ccc1n2CCNC(C)C.Cl.ClC1=CC2C(C=C1)Sc1ccccc1N2CCCN1CCN(CCCCCCOCCOCCOCCCCC(c2ccccc2)(c2ccccc2)c2ccccc2)CC1.O=C(O)CCC(=O)CCCN1CCN(CCCN2c3ccccc3SC3C=CC(Cl)=CC32)CC1. The molecule has 0 spiro atoms. The van der Waals surface area contributed by atoms with E-state index in [4.69, 9.17) is 42.5 Å². The molecule has 0 bridgehead atoms. The standard InChI is InChI=1S/C52H66ClN3O3S.C26H34ClN3O3S.C21H24N2O2.ClH/c53-47-27-28-51-49(43-47)56(48-25-12-13-26-50(48)60-51)32-18-31-55-35-33-54(34-36-55)30-15-1-2-16-37-57-39-41-59-42-40-58-38-17-14-29-52(44-19-6-3-7-20-44,45-21-8-4-9-22-45)46-23-10-5-11-24-46;27-20-8-10-25-23(19-20)30(22-6-1-2-7-24(22)34-25)14-4-13-29-17-15-28(16-18-29)12-3-5-21(31)9-11-26(32)33;1-13(2)22-9-10-23-20-7-5-16(14(3)24)11-18(20)19-12-17(15(4)25)6-8-21(19)23;/h3-13,19-28,43,49,51H,1-2,14-18,29-42H2;1-2,6-8,10,19,23,25H,3-5,9,11-18H2,(H,32,33);5-8,11-13,22H,9-10H2,1-4H3;1H. The van der Waals surface area contributed by atoms with E-state index in [0.717, 1.165) is 156 Å². The Morgan fingerprint density at radius 3 is 1.29 bits per heavy atom. The molecule has 0 saturated carbocycles. The second kappa shape index (κ2) is 48.6. The molecule has 4 atom stereocenters. The number of thioether (sulfide) groups is 2. The van der Waals surface area contributed by atoms with E-state index in [1.165, 1.54) is 96.3 Å². The highest BCUT2D eigenvalue weighted by Gasteiger charge is 2.38. The predicted octanol–water partition coefficient (Wildman–Crippen LogP) is 19.7. The number of carboxylic acids is 1. The molecule has 2 N–H and O–H groups in total. The number of rotatable bonds is 42. The quantitative estimate of drug-likeness (QED) is 0.0212. The van der Waals surface area contributed by atoms with Gasteiger partial charge in [-0.3, -0.25) is 19.2 Å². The van der Waals surface area contributed by atoms with Gasteiger partial charge in [-0.15, -0.1) is 35.9 Å². The highest BCUT2D eigenvalue weighted by atomic mass is 35.5. The average molecular weight is 1730 g/mol. The van der Waals surface area contributed by atoms with Crippen LogP contribution in [-0.4, -0.2) is 219 Å². The van der Waals surface area contributed by atoms with E-state index in [2.05, 4.69) is 223 Å². The molecule has 7 aromatic carbocycles. The number of nitrogens with one attached hydrogen (secondary N) is 1. The van der Waals surface area contributed by atoms with Gasteiger partial charge in [-0.1, -0.05) is 177 Å². The van der Waals surface area contributed by atoms with Crippen LogP contribution in [0.2, 0.25) is 0 Å². The largest absolute Gasteiger partial charge is 0.481 e. The van der Waals surface area contributed by atoms with E-state index >= 15 is 0 Å². The van der Waals surface area contributed by atoms with Gasteiger partial charge in [0.2, 0.25) is 0 Å². The highest BCUT2D eigenvalue weighted by molar-refractivity contribution is 8.00. The van der Waals surface area contributed by atoms with Gasteiger partial charge in [0.15, 0.2) is 11.6 Å². The van der Waals surface area contributed by atoms with Crippen molar-refractivity contribution in [2.75, 3.05) is 148 Å². The zero-order valence-electron chi connectivity index (χ0n) is 70.8. The lowest BCUT2D eigenvalue weighted by Crippen LogP contribution is -2.48. The molecule has 120 heavy (non-hydrogen) atoms. The summed E-state index contributed by atoms with van der Waals surface area (Å²) in [5.74, 6) is -0.743. The maximum atomic E-state index is 11.8. The van der Waals surface area contributed by atoms with E-state index in [-0.39, 0.29) is 48.0 Å². The van der Waals surface area contributed by atoms with Gasteiger partial charge in [0.25, 0.3) is 0 Å². The molecular weight excluding hydrogens is 1600 g/mol. The molecule has 2 aliphatic carbocycles. The second-order valence-corrected chi connectivity index (χ2v) is 35.8. The first-order chi connectivity index (χ1) is 58.1. The normalized spacial score (nSPS) is 18.0. The topological polar surface area (TPSA) is 153 Å². The summed E-state index contributed by atoms with van der Waals surface area (Å²) in [6.45, 7) is 28.5. The minimum absolute atomic E-state index is 0. The molecule has 0 amide bonds. The van der Waals surface area contributed by atoms with Crippen LogP contribution in [0.1, 0.15) is 149 Å². The third-order valence-electron chi connectivity index (χ3n) is 23.8. The number of fused-ring (bicyclic) bond motifs is 7. The number of carboxylic acid groups (broad SMARTS) is 1. The number of nitrogens with zero attached hydrogens (tertiary/aromatic N) is 7. The first kappa shape index (κ1) is 93.3. The number of aromatic nitrogens is 1. The van der Waals surface area contributed by atoms with Crippen LogP contribution >= 0.6 is 59.1 Å². The molecule has 1 aromatic heterocycles. The minimum Gasteiger partial charge on any atom is -0.481 e. The van der Waals surface area contributed by atoms with E-state index in [1.807, 2.05) is 66.0 Å². The Kier molecular flexibility index (Phi) is 37.8. The molecule has 14 rings (SSSR count). The third-order valence-corrected chi connectivity index (χ3v) is 26.9. The molecule has 8 aromatic rings. The molecule has 6 aliphatic rings. The fourth-order valence-corrected chi connectivity index (χ4v) is 20.3. The van der Waals surface area contributed by atoms with Gasteiger partial charge in [-0.05, 0) is 193 Å². The van der Waals surface area contributed by atoms with Crippen molar-refractivity contribution in [2.45, 2.75) is 162 Å². The summed E-state index contributed by atoms with van der Waals surface area (Å²) in [6.07, 6.45) is 24.7. The fourth-order valence-electron chi connectivity index (χ4n) is 17.4. The number of carbonyl (C=O) groups is 4. The Hall–Kier alpha value is -7.37. The van der Waals surface area contributed by atoms with Crippen molar-refractivity contribution in [3.63, 3.8) is 0 Å². The lowest BCUT2D eigenvalue weighted by molar-refractivity contribution is -0.138. The summed E-state index contributed by atoms with van der Waals surface area (Å²) < 4.78 is 19.9. The fraction of sp³-hybridized carbons (Fsp3) is 0.455. The third kappa shape index (κ3) is 26.8. The lowest BCUT2D eigenvalue weighted by Gasteiger charge is -2.43. The summed E-state index contributed by atoms with van der Waals surface area (Å²) in [5.41, 5.74) is 10.0. The molecule has 4 aliphatic heterocycles. The number of benzene rings is 7. The van der Waals surface area contributed by atoms with Crippen molar-refractivity contribution in [1.82, 2.24) is 29.5 Å². The maximum Gasteiger partial charge on any atom is 0.303 e. The Morgan fingerprint density at radius 2 is 0.858 bits per heavy atom.